The summed E-state index contributed by atoms with van der Waals surface area (Å²) < 4.78 is 23.4. The first-order chi connectivity index (χ1) is 10.6. The molecule has 1 aromatic rings. The molecule has 3 N–H and O–H groups in total. The smallest absolute Gasteiger partial charge is 0.251 e. The van der Waals surface area contributed by atoms with Gasteiger partial charge in [0.05, 0.1) is 38.0 Å². The molecule has 22 heavy (non-hydrogen) atoms. The number of aliphatic hydroxyl groups excluding tert-OH is 1. The van der Waals surface area contributed by atoms with Crippen LogP contribution in [0.2, 0.25) is 0 Å². The monoisotopic (exact) mass is 310 g/mol. The van der Waals surface area contributed by atoms with Crippen molar-refractivity contribution < 1.29 is 23.8 Å². The van der Waals surface area contributed by atoms with Crippen LogP contribution in [0.5, 0.6) is 0 Å². The Morgan fingerprint density at radius 3 is 2.64 bits per heavy atom. The Bertz CT molecular complexity index is 521. The van der Waals surface area contributed by atoms with Gasteiger partial charge >= 0.3 is 0 Å². The summed E-state index contributed by atoms with van der Waals surface area (Å²) >= 11 is 0. The zero-order chi connectivity index (χ0) is 15.5. The van der Waals surface area contributed by atoms with Gasteiger partial charge < -0.3 is 25.2 Å². The Kier molecular flexibility index (Phi) is 4.68. The fourth-order valence-electron chi connectivity index (χ4n) is 2.54. The molecule has 3 rings (SSSR count). The normalized spacial score (nSPS) is 28.4. The molecule has 0 aliphatic carbocycles. The molecule has 6 nitrogen and oxygen atoms in total. The Hall–Kier alpha value is -1.54. The van der Waals surface area contributed by atoms with E-state index < -0.39 is 12.2 Å². The molecular formula is C15H19FN2O4. The van der Waals surface area contributed by atoms with Crippen LogP contribution in [-0.4, -0.2) is 61.7 Å². The topological polar surface area (TPSA) is 79.8 Å². The van der Waals surface area contributed by atoms with Crippen molar-refractivity contribution in [1.29, 1.82) is 0 Å². The third-order valence-corrected chi connectivity index (χ3v) is 3.94. The van der Waals surface area contributed by atoms with Crippen molar-refractivity contribution in [1.82, 2.24) is 10.6 Å². The first-order valence-corrected chi connectivity index (χ1v) is 7.30. The first kappa shape index (κ1) is 15.4. The zero-order valence-electron chi connectivity index (χ0n) is 12.0. The van der Waals surface area contributed by atoms with Gasteiger partial charge in [-0.25, -0.2) is 4.39 Å². The van der Waals surface area contributed by atoms with Crippen molar-refractivity contribution in [2.75, 3.05) is 26.4 Å². The molecule has 7 heteroatoms. The van der Waals surface area contributed by atoms with Crippen LogP contribution in [0.4, 0.5) is 4.39 Å². The van der Waals surface area contributed by atoms with Gasteiger partial charge in [-0.05, 0) is 24.3 Å². The number of hydrogen-bond acceptors (Lipinski definition) is 5. The number of halogens is 1. The lowest BCUT2D eigenvalue weighted by Crippen LogP contribution is -2.54. The van der Waals surface area contributed by atoms with Crippen LogP contribution >= 0.6 is 0 Å². The van der Waals surface area contributed by atoms with Crippen molar-refractivity contribution >= 4 is 5.91 Å². The van der Waals surface area contributed by atoms with E-state index in [-0.39, 0.29) is 30.4 Å². The molecule has 3 atom stereocenters. The average Bonchev–Trinajstić information content (AvgIpc) is 2.82. The molecule has 120 valence electrons. The van der Waals surface area contributed by atoms with E-state index >= 15 is 0 Å². The van der Waals surface area contributed by atoms with E-state index in [0.29, 0.717) is 25.4 Å². The van der Waals surface area contributed by atoms with Crippen LogP contribution in [0.25, 0.3) is 0 Å². The molecule has 0 saturated carbocycles. The Morgan fingerprint density at radius 2 is 2.00 bits per heavy atom. The van der Waals surface area contributed by atoms with Crippen LogP contribution in [-0.2, 0) is 9.47 Å². The van der Waals surface area contributed by atoms with Gasteiger partial charge in [-0.1, -0.05) is 0 Å². The lowest BCUT2D eigenvalue weighted by Gasteiger charge is -2.30. The first-order valence-electron chi connectivity index (χ1n) is 7.30. The van der Waals surface area contributed by atoms with E-state index in [4.69, 9.17) is 9.47 Å². The number of carbonyl (C=O) groups is 1. The minimum atomic E-state index is -0.686. The predicted molar refractivity (Wildman–Crippen MR) is 76.0 cm³/mol. The Labute approximate surface area is 127 Å². The van der Waals surface area contributed by atoms with Crippen molar-refractivity contribution in [3.05, 3.63) is 35.6 Å². The van der Waals surface area contributed by atoms with E-state index in [2.05, 4.69) is 10.6 Å². The molecular weight excluding hydrogens is 291 g/mol. The minimum Gasteiger partial charge on any atom is -0.389 e. The van der Waals surface area contributed by atoms with Crippen molar-refractivity contribution in [3.8, 4) is 0 Å². The summed E-state index contributed by atoms with van der Waals surface area (Å²) in [5.74, 6) is -0.709. The molecule has 0 aromatic heterocycles. The highest BCUT2D eigenvalue weighted by Crippen LogP contribution is 2.16. The average molecular weight is 310 g/mol. The fourth-order valence-corrected chi connectivity index (χ4v) is 2.54. The molecule has 2 fully saturated rings. The quantitative estimate of drug-likeness (QED) is 0.694. The summed E-state index contributed by atoms with van der Waals surface area (Å²) in [7, 11) is 0. The van der Waals surface area contributed by atoms with Gasteiger partial charge in [0.2, 0.25) is 0 Å². The molecule has 0 spiro atoms. The molecule has 0 bridgehead atoms. The number of hydrogen-bond donors (Lipinski definition) is 3. The molecule has 2 aliphatic heterocycles. The Morgan fingerprint density at radius 1 is 1.27 bits per heavy atom. The second-order valence-corrected chi connectivity index (χ2v) is 5.59. The highest BCUT2D eigenvalue weighted by atomic mass is 19.1. The SMILES string of the molecule is O=C(NC[C@H]1OC[C@@H](NC2COC2)[C@@H]1O)c1ccc(F)cc1. The van der Waals surface area contributed by atoms with Crippen LogP contribution in [0.1, 0.15) is 10.4 Å². The number of carbonyl (C=O) groups excluding carboxylic acids is 1. The molecule has 0 radical (unpaired) electrons. The summed E-state index contributed by atoms with van der Waals surface area (Å²) in [6.07, 6.45) is -1.14. The van der Waals surface area contributed by atoms with E-state index in [1.165, 1.54) is 24.3 Å². The van der Waals surface area contributed by atoms with E-state index in [1.807, 2.05) is 0 Å². The number of ether oxygens (including phenoxy) is 2. The lowest BCUT2D eigenvalue weighted by molar-refractivity contribution is -0.0165. The molecule has 2 heterocycles. The van der Waals surface area contributed by atoms with Gasteiger partial charge in [-0.3, -0.25) is 4.79 Å². The van der Waals surface area contributed by atoms with Crippen LogP contribution < -0.4 is 10.6 Å². The summed E-state index contributed by atoms with van der Waals surface area (Å²) in [5, 5.41) is 16.2. The highest BCUT2D eigenvalue weighted by molar-refractivity contribution is 5.94. The number of rotatable bonds is 5. The second kappa shape index (κ2) is 6.70. The van der Waals surface area contributed by atoms with Crippen LogP contribution in [0, 0.1) is 5.82 Å². The maximum atomic E-state index is 12.8. The minimum absolute atomic E-state index is 0.151. The third kappa shape index (κ3) is 3.44. The molecule has 2 aliphatic rings. The van der Waals surface area contributed by atoms with E-state index in [1.54, 1.807) is 0 Å². The summed E-state index contributed by atoms with van der Waals surface area (Å²) in [6.45, 7) is 1.90. The molecule has 0 unspecified atom stereocenters. The van der Waals surface area contributed by atoms with Crippen molar-refractivity contribution in [3.63, 3.8) is 0 Å². The molecule has 1 aromatic carbocycles. The van der Waals surface area contributed by atoms with E-state index in [9.17, 15) is 14.3 Å². The Balaban J connectivity index is 1.47. The van der Waals surface area contributed by atoms with Gasteiger partial charge in [0, 0.05) is 12.1 Å². The van der Waals surface area contributed by atoms with Gasteiger partial charge in [0.25, 0.3) is 5.91 Å². The lowest BCUT2D eigenvalue weighted by atomic mass is 10.1. The maximum absolute atomic E-state index is 12.8. The second-order valence-electron chi connectivity index (χ2n) is 5.59. The van der Waals surface area contributed by atoms with Crippen LogP contribution in [0.15, 0.2) is 24.3 Å². The largest absolute Gasteiger partial charge is 0.389 e. The number of aliphatic hydroxyl groups is 1. The maximum Gasteiger partial charge on any atom is 0.251 e. The van der Waals surface area contributed by atoms with Crippen molar-refractivity contribution in [2.45, 2.75) is 24.3 Å². The molecule has 1 amide bonds. The third-order valence-electron chi connectivity index (χ3n) is 3.94. The van der Waals surface area contributed by atoms with Gasteiger partial charge in [0.1, 0.15) is 11.9 Å². The standard InChI is InChI=1S/C15H19FN2O4/c16-10-3-1-9(2-4-10)15(20)17-5-13-14(19)12(8-22-13)18-11-6-21-7-11/h1-4,11-14,18-19H,5-8H2,(H,17,20)/t12-,13-,14+/m1/s1. The number of benzene rings is 1. The number of amides is 1. The summed E-state index contributed by atoms with van der Waals surface area (Å²) in [5.41, 5.74) is 0.371. The number of nitrogens with one attached hydrogen (secondary N) is 2. The summed E-state index contributed by atoms with van der Waals surface area (Å²) in [6, 6.07) is 5.40. The van der Waals surface area contributed by atoms with Gasteiger partial charge in [-0.15, -0.1) is 0 Å². The van der Waals surface area contributed by atoms with Gasteiger partial charge in [-0.2, -0.15) is 0 Å². The van der Waals surface area contributed by atoms with Crippen LogP contribution in [0.3, 0.4) is 0 Å². The van der Waals surface area contributed by atoms with Gasteiger partial charge in [0.15, 0.2) is 0 Å². The van der Waals surface area contributed by atoms with E-state index in [0.717, 1.165) is 0 Å². The fraction of sp³-hybridized carbons (Fsp3) is 0.533. The molecule has 2 saturated heterocycles. The van der Waals surface area contributed by atoms with Crippen molar-refractivity contribution in [2.24, 2.45) is 0 Å². The highest BCUT2D eigenvalue weighted by Gasteiger charge is 2.38. The zero-order valence-corrected chi connectivity index (χ0v) is 12.0. The summed E-state index contributed by atoms with van der Waals surface area (Å²) in [4.78, 5) is 11.9. The predicted octanol–water partition coefficient (Wildman–Crippen LogP) is -0.328.